The van der Waals surface area contributed by atoms with Gasteiger partial charge in [0.25, 0.3) is 10.0 Å². The first kappa shape index (κ1) is 20.9. The van der Waals surface area contributed by atoms with Gasteiger partial charge in [-0.05, 0) is 31.2 Å². The van der Waals surface area contributed by atoms with Crippen molar-refractivity contribution < 1.29 is 27.4 Å². The number of hydrogen-bond acceptors (Lipinski definition) is 7. The Morgan fingerprint density at radius 3 is 2.34 bits per heavy atom. The van der Waals surface area contributed by atoms with Crippen LogP contribution in [0.4, 0.5) is 0 Å². The van der Waals surface area contributed by atoms with E-state index in [1.165, 1.54) is 30.9 Å². The molecule has 8 nitrogen and oxygen atoms in total. The van der Waals surface area contributed by atoms with Crippen molar-refractivity contribution >= 4 is 37.5 Å². The van der Waals surface area contributed by atoms with Gasteiger partial charge in [0.05, 0.1) is 25.7 Å². The van der Waals surface area contributed by atoms with Crippen LogP contribution in [0.15, 0.2) is 51.8 Å². The van der Waals surface area contributed by atoms with E-state index >= 15 is 0 Å². The number of rotatable bonds is 7. The Bertz CT molecular complexity index is 1200. The highest BCUT2D eigenvalue weighted by molar-refractivity contribution is 7.90. The van der Waals surface area contributed by atoms with Crippen molar-refractivity contribution in [3.63, 3.8) is 0 Å². The SMILES string of the molecule is CCOC(=O)Cn1c(=NS(=O)(=O)c2ccccc2)sc2c(OC)ccc(OC)c21. The minimum Gasteiger partial charge on any atom is -0.495 e. The fourth-order valence-corrected chi connectivity index (χ4v) is 5.12. The van der Waals surface area contributed by atoms with Crippen molar-refractivity contribution in [2.45, 2.75) is 18.4 Å². The first-order chi connectivity index (χ1) is 13.9. The Morgan fingerprint density at radius 1 is 1.07 bits per heavy atom. The first-order valence-electron chi connectivity index (χ1n) is 8.67. The van der Waals surface area contributed by atoms with Crippen molar-refractivity contribution in [3.05, 3.63) is 47.3 Å². The van der Waals surface area contributed by atoms with Crippen LogP contribution in [0.2, 0.25) is 0 Å². The van der Waals surface area contributed by atoms with E-state index in [0.717, 1.165) is 11.3 Å². The molecule has 3 aromatic rings. The summed E-state index contributed by atoms with van der Waals surface area (Å²) in [4.78, 5) is 12.4. The number of fused-ring (bicyclic) bond motifs is 1. The number of esters is 1. The lowest BCUT2D eigenvalue weighted by molar-refractivity contribution is -0.143. The largest absolute Gasteiger partial charge is 0.495 e. The number of ether oxygens (including phenoxy) is 3. The molecule has 10 heteroatoms. The molecule has 1 heterocycles. The number of hydrogen-bond donors (Lipinski definition) is 0. The fraction of sp³-hybridized carbons (Fsp3) is 0.263. The second-order valence-electron chi connectivity index (χ2n) is 5.80. The second-order valence-corrected chi connectivity index (χ2v) is 8.38. The minimum absolute atomic E-state index is 0.0547. The highest BCUT2D eigenvalue weighted by Gasteiger charge is 2.20. The van der Waals surface area contributed by atoms with Crippen molar-refractivity contribution in [2.75, 3.05) is 20.8 Å². The predicted octanol–water partition coefficient (Wildman–Crippen LogP) is 2.57. The summed E-state index contributed by atoms with van der Waals surface area (Å²) in [7, 11) is -0.991. The smallest absolute Gasteiger partial charge is 0.326 e. The summed E-state index contributed by atoms with van der Waals surface area (Å²) < 4.78 is 47.5. The molecule has 0 radical (unpaired) electrons. The van der Waals surface area contributed by atoms with Gasteiger partial charge in [0, 0.05) is 0 Å². The predicted molar refractivity (Wildman–Crippen MR) is 109 cm³/mol. The Balaban J connectivity index is 2.32. The molecule has 0 atom stereocenters. The Kier molecular flexibility index (Phi) is 6.23. The lowest BCUT2D eigenvalue weighted by atomic mass is 10.3. The van der Waals surface area contributed by atoms with Crippen LogP contribution in [0.5, 0.6) is 11.5 Å². The van der Waals surface area contributed by atoms with Crippen molar-refractivity contribution in [1.29, 1.82) is 0 Å². The van der Waals surface area contributed by atoms with Gasteiger partial charge in [-0.25, -0.2) is 0 Å². The van der Waals surface area contributed by atoms with Gasteiger partial charge in [-0.15, -0.1) is 4.40 Å². The number of carbonyl (C=O) groups excluding carboxylic acids is 1. The number of nitrogens with zero attached hydrogens (tertiary/aromatic N) is 2. The lowest BCUT2D eigenvalue weighted by Gasteiger charge is -2.10. The molecule has 2 aromatic carbocycles. The molecule has 0 saturated carbocycles. The van der Waals surface area contributed by atoms with Crippen LogP contribution in [0.1, 0.15) is 6.92 Å². The molecule has 154 valence electrons. The van der Waals surface area contributed by atoms with Crippen LogP contribution in [0.25, 0.3) is 10.2 Å². The van der Waals surface area contributed by atoms with Gasteiger partial charge in [0.2, 0.25) is 4.80 Å². The van der Waals surface area contributed by atoms with Crippen LogP contribution in [0, 0.1) is 0 Å². The number of carbonyl (C=O) groups is 1. The quantitative estimate of drug-likeness (QED) is 0.528. The zero-order chi connectivity index (χ0) is 21.0. The molecule has 0 N–H and O–H groups in total. The van der Waals surface area contributed by atoms with Gasteiger partial charge in [-0.1, -0.05) is 29.5 Å². The summed E-state index contributed by atoms with van der Waals surface area (Å²) in [6.45, 7) is 1.68. The molecule has 1 aromatic heterocycles. The number of thiazole rings is 1. The average Bonchev–Trinajstić information content (AvgIpc) is 3.05. The van der Waals surface area contributed by atoms with E-state index in [4.69, 9.17) is 14.2 Å². The summed E-state index contributed by atoms with van der Waals surface area (Å²) >= 11 is 1.09. The Hall–Kier alpha value is -2.85. The summed E-state index contributed by atoms with van der Waals surface area (Å²) in [6.07, 6.45) is 0. The summed E-state index contributed by atoms with van der Waals surface area (Å²) in [6, 6.07) is 11.3. The summed E-state index contributed by atoms with van der Waals surface area (Å²) in [5, 5.41) is 0. The van der Waals surface area contributed by atoms with E-state index in [2.05, 4.69) is 4.40 Å². The number of benzene rings is 2. The molecular formula is C19H20N2O6S2. The molecule has 0 saturated heterocycles. The summed E-state index contributed by atoms with van der Waals surface area (Å²) in [5.74, 6) is 0.456. The Morgan fingerprint density at radius 2 is 1.72 bits per heavy atom. The third-order valence-electron chi connectivity index (χ3n) is 4.02. The molecule has 29 heavy (non-hydrogen) atoms. The monoisotopic (exact) mass is 436 g/mol. The van der Waals surface area contributed by atoms with Gasteiger partial charge >= 0.3 is 5.97 Å². The third-order valence-corrected chi connectivity index (χ3v) is 6.51. The van der Waals surface area contributed by atoms with E-state index in [1.807, 2.05) is 0 Å². The van der Waals surface area contributed by atoms with Crippen LogP contribution >= 0.6 is 11.3 Å². The standard InChI is InChI=1S/C19H20N2O6S2/c1-4-27-16(22)12-21-17-14(25-2)10-11-15(26-3)18(17)28-19(21)20-29(23,24)13-8-6-5-7-9-13/h5-11H,4,12H2,1-3H3. The zero-order valence-corrected chi connectivity index (χ0v) is 17.7. The molecular weight excluding hydrogens is 416 g/mol. The van der Waals surface area contributed by atoms with Gasteiger partial charge < -0.3 is 18.8 Å². The normalized spacial score (nSPS) is 12.2. The van der Waals surface area contributed by atoms with Gasteiger partial charge in [0.15, 0.2) is 0 Å². The number of methoxy groups -OCH3 is 2. The maximum atomic E-state index is 12.8. The molecule has 0 bridgehead atoms. The highest BCUT2D eigenvalue weighted by atomic mass is 32.2. The van der Waals surface area contributed by atoms with Crippen LogP contribution in [0.3, 0.4) is 0 Å². The molecule has 3 rings (SSSR count). The average molecular weight is 437 g/mol. The van der Waals surface area contributed by atoms with Gasteiger partial charge in [0.1, 0.15) is 28.3 Å². The minimum atomic E-state index is -3.99. The molecule has 0 fully saturated rings. The highest BCUT2D eigenvalue weighted by Crippen LogP contribution is 2.35. The van der Waals surface area contributed by atoms with E-state index in [0.29, 0.717) is 21.7 Å². The van der Waals surface area contributed by atoms with E-state index in [1.54, 1.807) is 37.3 Å². The van der Waals surface area contributed by atoms with E-state index in [-0.39, 0.29) is 22.8 Å². The maximum Gasteiger partial charge on any atom is 0.326 e. The molecule has 0 aliphatic rings. The molecule has 0 spiro atoms. The van der Waals surface area contributed by atoms with Gasteiger partial charge in [-0.3, -0.25) is 4.79 Å². The van der Waals surface area contributed by atoms with E-state index < -0.39 is 16.0 Å². The van der Waals surface area contributed by atoms with Crippen molar-refractivity contribution in [3.8, 4) is 11.5 Å². The van der Waals surface area contributed by atoms with Crippen molar-refractivity contribution in [1.82, 2.24) is 4.57 Å². The summed E-state index contributed by atoms with van der Waals surface area (Å²) in [5.41, 5.74) is 0.506. The second kappa shape index (κ2) is 8.66. The van der Waals surface area contributed by atoms with Gasteiger partial charge in [-0.2, -0.15) is 8.42 Å². The fourth-order valence-electron chi connectivity index (χ4n) is 2.75. The Labute approximate surface area is 172 Å². The lowest BCUT2D eigenvalue weighted by Crippen LogP contribution is -2.23. The topological polar surface area (TPSA) is 96.2 Å². The maximum absolute atomic E-state index is 12.8. The molecule has 0 amide bonds. The first-order valence-corrected chi connectivity index (χ1v) is 10.9. The molecule has 0 unspecified atom stereocenters. The van der Waals surface area contributed by atoms with Crippen LogP contribution < -0.4 is 14.3 Å². The third kappa shape index (κ3) is 4.28. The molecule has 0 aliphatic carbocycles. The van der Waals surface area contributed by atoms with E-state index in [9.17, 15) is 13.2 Å². The molecule has 0 aliphatic heterocycles. The zero-order valence-electron chi connectivity index (χ0n) is 16.1. The van der Waals surface area contributed by atoms with Crippen LogP contribution in [-0.4, -0.2) is 39.8 Å². The van der Waals surface area contributed by atoms with Crippen molar-refractivity contribution in [2.24, 2.45) is 4.40 Å². The van der Waals surface area contributed by atoms with Crippen LogP contribution in [-0.2, 0) is 26.1 Å². The number of aromatic nitrogens is 1. The number of sulfonamides is 1.